The maximum Gasteiger partial charge on any atom is 0.236 e. The van der Waals surface area contributed by atoms with E-state index in [2.05, 4.69) is 15.5 Å². The summed E-state index contributed by atoms with van der Waals surface area (Å²) in [5.74, 6) is 0.177. The Morgan fingerprint density at radius 1 is 1.45 bits per heavy atom. The Hall–Kier alpha value is -1.38. The lowest BCUT2D eigenvalue weighted by Crippen LogP contribution is -2.19. The topological polar surface area (TPSA) is 88.0 Å². The van der Waals surface area contributed by atoms with Gasteiger partial charge in [0.1, 0.15) is 0 Å². The molecule has 1 fully saturated rings. The number of thioether (sulfide) groups is 1. The molecule has 1 heterocycles. The molecule has 1 aliphatic heterocycles. The van der Waals surface area contributed by atoms with E-state index in [1.54, 1.807) is 12.1 Å². The SMILES string of the molecule is CS(=O)(=O)c1cc(Cl)ccc1C=NN=C1NC(=O)CS1. The molecule has 0 atom stereocenters. The molecule has 20 heavy (non-hydrogen) atoms. The molecule has 0 bridgehead atoms. The van der Waals surface area contributed by atoms with Gasteiger partial charge in [0.2, 0.25) is 5.91 Å². The van der Waals surface area contributed by atoms with Gasteiger partial charge in [0.15, 0.2) is 15.0 Å². The average Bonchev–Trinajstić information content (AvgIpc) is 2.76. The number of amides is 1. The van der Waals surface area contributed by atoms with E-state index in [0.717, 1.165) is 6.26 Å². The molecule has 1 saturated heterocycles. The molecule has 0 spiro atoms. The van der Waals surface area contributed by atoms with Crippen LogP contribution in [-0.4, -0.2) is 37.7 Å². The Balaban J connectivity index is 2.28. The van der Waals surface area contributed by atoms with Crippen LogP contribution in [0.4, 0.5) is 0 Å². The first-order chi connectivity index (χ1) is 9.36. The van der Waals surface area contributed by atoms with E-state index in [-0.39, 0.29) is 10.8 Å². The van der Waals surface area contributed by atoms with Crippen LogP contribution in [-0.2, 0) is 14.6 Å². The molecule has 106 valence electrons. The highest BCUT2D eigenvalue weighted by atomic mass is 35.5. The first-order valence-electron chi connectivity index (χ1n) is 5.39. The van der Waals surface area contributed by atoms with E-state index >= 15 is 0 Å². The Morgan fingerprint density at radius 3 is 2.80 bits per heavy atom. The molecule has 0 saturated carbocycles. The number of amidine groups is 1. The highest BCUT2D eigenvalue weighted by Crippen LogP contribution is 2.19. The number of halogens is 1. The largest absolute Gasteiger partial charge is 0.303 e. The Bertz CT molecular complexity index is 714. The summed E-state index contributed by atoms with van der Waals surface area (Å²) < 4.78 is 23.3. The third kappa shape index (κ3) is 3.81. The van der Waals surface area contributed by atoms with Gasteiger partial charge in [-0.05, 0) is 12.1 Å². The van der Waals surface area contributed by atoms with Gasteiger partial charge in [-0.15, -0.1) is 5.10 Å². The molecular formula is C11H10ClN3O3S2. The Labute approximate surface area is 125 Å². The maximum atomic E-state index is 11.7. The fraction of sp³-hybridized carbons (Fsp3) is 0.182. The summed E-state index contributed by atoms with van der Waals surface area (Å²) in [6.45, 7) is 0. The van der Waals surface area contributed by atoms with Crippen molar-refractivity contribution in [3.63, 3.8) is 0 Å². The van der Waals surface area contributed by atoms with Gasteiger partial charge in [-0.2, -0.15) is 5.10 Å². The first kappa shape index (κ1) is 15.0. The molecule has 9 heteroatoms. The highest BCUT2D eigenvalue weighted by molar-refractivity contribution is 8.15. The summed E-state index contributed by atoms with van der Waals surface area (Å²) >= 11 is 7.02. The minimum absolute atomic E-state index is 0.0806. The monoisotopic (exact) mass is 331 g/mol. The maximum absolute atomic E-state index is 11.7. The molecule has 1 N–H and O–H groups in total. The summed E-state index contributed by atoms with van der Waals surface area (Å²) in [7, 11) is -3.41. The minimum atomic E-state index is -3.41. The van der Waals surface area contributed by atoms with Crippen molar-refractivity contribution in [1.82, 2.24) is 5.32 Å². The first-order valence-corrected chi connectivity index (χ1v) is 8.65. The molecular weight excluding hydrogens is 322 g/mol. The summed E-state index contributed by atoms with van der Waals surface area (Å²) in [5, 5.41) is 10.8. The van der Waals surface area contributed by atoms with Gasteiger partial charge >= 0.3 is 0 Å². The van der Waals surface area contributed by atoms with Crippen molar-refractivity contribution in [1.29, 1.82) is 0 Å². The van der Waals surface area contributed by atoms with Crippen LogP contribution < -0.4 is 5.32 Å². The van der Waals surface area contributed by atoms with Gasteiger partial charge in [0.05, 0.1) is 16.9 Å². The predicted molar refractivity (Wildman–Crippen MR) is 80.2 cm³/mol. The van der Waals surface area contributed by atoms with Crippen LogP contribution >= 0.6 is 23.4 Å². The molecule has 1 aromatic rings. The van der Waals surface area contributed by atoms with Gasteiger partial charge < -0.3 is 5.32 Å². The van der Waals surface area contributed by atoms with Crippen LogP contribution in [0.3, 0.4) is 0 Å². The number of nitrogens with zero attached hydrogens (tertiary/aromatic N) is 2. The quantitative estimate of drug-likeness (QED) is 0.668. The number of sulfone groups is 1. The molecule has 1 aromatic carbocycles. The zero-order valence-electron chi connectivity index (χ0n) is 10.3. The van der Waals surface area contributed by atoms with Crippen LogP contribution in [0.5, 0.6) is 0 Å². The summed E-state index contributed by atoms with van der Waals surface area (Å²) in [6.07, 6.45) is 2.40. The normalized spacial score (nSPS) is 17.9. The molecule has 0 aromatic heterocycles. The van der Waals surface area contributed by atoms with Gasteiger partial charge in [0.25, 0.3) is 0 Å². The molecule has 0 aliphatic carbocycles. The van der Waals surface area contributed by atoms with Crippen molar-refractivity contribution < 1.29 is 13.2 Å². The fourth-order valence-electron chi connectivity index (χ4n) is 1.46. The third-order valence-corrected chi connectivity index (χ3v) is 4.56. The summed E-state index contributed by atoms with van der Waals surface area (Å²) in [4.78, 5) is 11.0. The van der Waals surface area contributed by atoms with Crippen molar-refractivity contribution in [2.45, 2.75) is 4.90 Å². The van der Waals surface area contributed by atoms with Crippen LogP contribution in [0.1, 0.15) is 5.56 Å². The van der Waals surface area contributed by atoms with E-state index in [1.807, 2.05) is 0 Å². The number of rotatable bonds is 3. The van der Waals surface area contributed by atoms with E-state index in [0.29, 0.717) is 21.5 Å². The van der Waals surface area contributed by atoms with Crippen molar-refractivity contribution in [2.75, 3.05) is 12.0 Å². The second-order valence-corrected chi connectivity index (χ2v) is 7.33. The molecule has 1 amide bonds. The number of hydrogen-bond acceptors (Lipinski definition) is 6. The van der Waals surface area contributed by atoms with Gasteiger partial charge in [0, 0.05) is 16.8 Å². The lowest BCUT2D eigenvalue weighted by molar-refractivity contribution is -0.116. The van der Waals surface area contributed by atoms with Crippen molar-refractivity contribution in [3.05, 3.63) is 28.8 Å². The third-order valence-electron chi connectivity index (χ3n) is 2.31. The molecule has 6 nitrogen and oxygen atoms in total. The number of nitrogens with one attached hydrogen (secondary N) is 1. The van der Waals surface area contributed by atoms with Gasteiger partial charge in [-0.25, -0.2) is 8.42 Å². The molecule has 0 radical (unpaired) electrons. The Morgan fingerprint density at radius 2 is 2.20 bits per heavy atom. The molecule has 0 unspecified atom stereocenters. The molecule has 2 rings (SSSR count). The van der Waals surface area contributed by atoms with E-state index in [9.17, 15) is 13.2 Å². The summed E-state index contributed by atoms with van der Waals surface area (Å²) in [6, 6.07) is 4.47. The van der Waals surface area contributed by atoms with E-state index in [4.69, 9.17) is 11.6 Å². The predicted octanol–water partition coefficient (Wildman–Crippen LogP) is 1.30. The van der Waals surface area contributed by atoms with Gasteiger partial charge in [-0.3, -0.25) is 4.79 Å². The second kappa shape index (κ2) is 5.94. The zero-order valence-corrected chi connectivity index (χ0v) is 12.7. The van der Waals surface area contributed by atoms with Crippen LogP contribution in [0.15, 0.2) is 33.3 Å². The molecule has 1 aliphatic rings. The average molecular weight is 332 g/mol. The number of benzene rings is 1. The lowest BCUT2D eigenvalue weighted by atomic mass is 10.2. The zero-order chi connectivity index (χ0) is 14.8. The number of carbonyl (C=O) groups excluding carboxylic acids is 1. The van der Waals surface area contributed by atoms with Crippen LogP contribution in [0.2, 0.25) is 5.02 Å². The smallest absolute Gasteiger partial charge is 0.236 e. The fourth-order valence-corrected chi connectivity index (χ4v) is 3.22. The van der Waals surface area contributed by atoms with Crippen molar-refractivity contribution in [2.24, 2.45) is 10.2 Å². The van der Waals surface area contributed by atoms with E-state index < -0.39 is 9.84 Å². The highest BCUT2D eigenvalue weighted by Gasteiger charge is 2.16. The van der Waals surface area contributed by atoms with E-state index in [1.165, 1.54) is 24.0 Å². The standard InChI is InChI=1S/C11H10ClN3O3S2/c1-20(17,18)9-4-8(12)3-2-7(9)5-13-15-11-14-10(16)6-19-11/h2-5H,6H2,1H3,(H,14,15,16). The second-order valence-electron chi connectivity index (χ2n) is 3.94. The lowest BCUT2D eigenvalue weighted by Gasteiger charge is -2.03. The van der Waals surface area contributed by atoms with Crippen LogP contribution in [0.25, 0.3) is 0 Å². The number of carbonyl (C=O) groups is 1. The minimum Gasteiger partial charge on any atom is -0.303 e. The Kier molecular flexibility index (Phi) is 4.46. The van der Waals surface area contributed by atoms with Gasteiger partial charge in [-0.1, -0.05) is 29.4 Å². The van der Waals surface area contributed by atoms with Crippen molar-refractivity contribution >= 4 is 50.5 Å². The van der Waals surface area contributed by atoms with Crippen LogP contribution in [0, 0.1) is 0 Å². The number of hydrogen-bond donors (Lipinski definition) is 1. The summed E-state index contributed by atoms with van der Waals surface area (Å²) in [5.41, 5.74) is 0.385. The van der Waals surface area contributed by atoms with Crippen molar-refractivity contribution in [3.8, 4) is 0 Å².